The molecule has 5 heteroatoms. The molecule has 0 saturated heterocycles. The maximum Gasteiger partial charge on any atom is 0.233 e. The molecule has 1 aromatic heterocycles. The first-order valence-corrected chi connectivity index (χ1v) is 11.0. The number of aromatic nitrogens is 1. The molecule has 0 saturated carbocycles. The third kappa shape index (κ3) is 5.03. The van der Waals surface area contributed by atoms with E-state index < -0.39 is 0 Å². The third-order valence-electron chi connectivity index (χ3n) is 5.52. The van der Waals surface area contributed by atoms with Crippen molar-refractivity contribution in [2.75, 3.05) is 32.1 Å². The molecule has 0 aliphatic carbocycles. The van der Waals surface area contributed by atoms with E-state index in [2.05, 4.69) is 77.0 Å². The van der Waals surface area contributed by atoms with Crippen molar-refractivity contribution in [2.45, 2.75) is 40.5 Å². The second kappa shape index (κ2) is 9.06. The summed E-state index contributed by atoms with van der Waals surface area (Å²) in [6.07, 6.45) is 1.32. The summed E-state index contributed by atoms with van der Waals surface area (Å²) in [5, 5.41) is 0.807. The van der Waals surface area contributed by atoms with E-state index in [1.54, 1.807) is 11.3 Å². The first kappa shape index (κ1) is 21.5. The molecule has 0 aliphatic heterocycles. The minimum Gasteiger partial charge on any atom is -0.309 e. The van der Waals surface area contributed by atoms with Crippen LogP contribution < -0.4 is 4.90 Å². The molecule has 0 radical (unpaired) electrons. The van der Waals surface area contributed by atoms with Crippen LogP contribution in [-0.2, 0) is 11.2 Å². The Morgan fingerprint density at radius 2 is 1.69 bits per heavy atom. The highest BCUT2D eigenvalue weighted by molar-refractivity contribution is 7.22. The Bertz CT molecular complexity index is 1020. The van der Waals surface area contributed by atoms with Crippen LogP contribution in [0.1, 0.15) is 34.2 Å². The van der Waals surface area contributed by atoms with Gasteiger partial charge in [-0.1, -0.05) is 35.6 Å². The van der Waals surface area contributed by atoms with Crippen molar-refractivity contribution in [3.05, 3.63) is 58.1 Å². The van der Waals surface area contributed by atoms with Crippen molar-refractivity contribution in [1.82, 2.24) is 9.88 Å². The number of hydrogen-bond acceptors (Lipinski definition) is 4. The molecular weight excluding hydrogens is 378 g/mol. The first-order valence-electron chi connectivity index (χ1n) is 10.1. The van der Waals surface area contributed by atoms with Crippen LogP contribution in [0, 0.1) is 27.7 Å². The number of amides is 1. The van der Waals surface area contributed by atoms with Crippen LogP contribution in [0.5, 0.6) is 0 Å². The van der Waals surface area contributed by atoms with Gasteiger partial charge in [-0.05, 0) is 88.6 Å². The van der Waals surface area contributed by atoms with Crippen molar-refractivity contribution in [3.8, 4) is 0 Å². The van der Waals surface area contributed by atoms with Gasteiger partial charge in [-0.2, -0.15) is 0 Å². The van der Waals surface area contributed by atoms with E-state index in [1.807, 2.05) is 4.90 Å². The predicted molar refractivity (Wildman–Crippen MR) is 124 cm³/mol. The van der Waals surface area contributed by atoms with Gasteiger partial charge >= 0.3 is 0 Å². The van der Waals surface area contributed by atoms with Gasteiger partial charge in [-0.15, -0.1) is 0 Å². The van der Waals surface area contributed by atoms with Gasteiger partial charge in [0.15, 0.2) is 5.13 Å². The average Bonchev–Trinajstić information content (AvgIpc) is 3.09. The van der Waals surface area contributed by atoms with Crippen LogP contribution >= 0.6 is 11.3 Å². The number of benzene rings is 2. The lowest BCUT2D eigenvalue weighted by atomic mass is 10.0. The van der Waals surface area contributed by atoms with Crippen molar-refractivity contribution in [2.24, 2.45) is 0 Å². The third-order valence-corrected chi connectivity index (χ3v) is 6.56. The molecule has 154 valence electrons. The Morgan fingerprint density at radius 1 is 0.966 bits per heavy atom. The van der Waals surface area contributed by atoms with Crippen molar-refractivity contribution >= 4 is 32.6 Å². The van der Waals surface area contributed by atoms with E-state index >= 15 is 0 Å². The number of aryl methyl sites for hydroxylation is 4. The van der Waals surface area contributed by atoms with Crippen molar-refractivity contribution in [3.63, 3.8) is 0 Å². The zero-order valence-electron chi connectivity index (χ0n) is 18.4. The number of rotatable bonds is 7. The molecule has 0 atom stereocenters. The quantitative estimate of drug-likeness (QED) is 0.547. The zero-order valence-corrected chi connectivity index (χ0v) is 19.2. The molecule has 2 aromatic carbocycles. The van der Waals surface area contributed by atoms with Crippen LogP contribution in [0.4, 0.5) is 5.13 Å². The molecule has 0 unspecified atom stereocenters. The minimum absolute atomic E-state index is 0.112. The molecule has 0 fully saturated rings. The molecule has 3 rings (SSSR count). The maximum absolute atomic E-state index is 13.3. The van der Waals surface area contributed by atoms with Gasteiger partial charge in [0, 0.05) is 6.54 Å². The molecule has 0 spiro atoms. The number of hydrogen-bond donors (Lipinski definition) is 0. The number of carbonyl (C=O) groups excluding carboxylic acids is 1. The predicted octanol–water partition coefficient (Wildman–Crippen LogP) is 5.06. The fraction of sp³-hybridized carbons (Fsp3) is 0.417. The highest BCUT2D eigenvalue weighted by Crippen LogP contribution is 2.32. The van der Waals surface area contributed by atoms with E-state index in [9.17, 15) is 4.79 Å². The largest absolute Gasteiger partial charge is 0.309 e. The van der Waals surface area contributed by atoms with Crippen molar-refractivity contribution in [1.29, 1.82) is 0 Å². The molecule has 0 aliphatic rings. The van der Waals surface area contributed by atoms with Gasteiger partial charge in [0.05, 0.1) is 16.6 Å². The molecular formula is C24H31N3OS. The lowest BCUT2D eigenvalue weighted by molar-refractivity contribution is -0.118. The summed E-state index contributed by atoms with van der Waals surface area (Å²) in [5.41, 5.74) is 6.97. The highest BCUT2D eigenvalue weighted by Gasteiger charge is 2.21. The fourth-order valence-electron chi connectivity index (χ4n) is 3.39. The Hall–Kier alpha value is -2.24. The van der Waals surface area contributed by atoms with Gasteiger partial charge in [0.1, 0.15) is 0 Å². The second-order valence-electron chi connectivity index (χ2n) is 8.15. The number of nitrogens with zero attached hydrogens (tertiary/aromatic N) is 3. The monoisotopic (exact) mass is 409 g/mol. The van der Waals surface area contributed by atoms with Crippen LogP contribution in [0.25, 0.3) is 10.2 Å². The molecule has 0 N–H and O–H groups in total. The van der Waals surface area contributed by atoms with Gasteiger partial charge in [0.25, 0.3) is 0 Å². The summed E-state index contributed by atoms with van der Waals surface area (Å²) in [5.74, 6) is 0.112. The van der Waals surface area contributed by atoms with Crippen LogP contribution in [-0.4, -0.2) is 43.0 Å². The Morgan fingerprint density at radius 3 is 2.38 bits per heavy atom. The highest BCUT2D eigenvalue weighted by atomic mass is 32.1. The fourth-order valence-corrected chi connectivity index (χ4v) is 4.45. The summed E-state index contributed by atoms with van der Waals surface area (Å²) in [6, 6.07) is 10.5. The first-order chi connectivity index (χ1) is 13.8. The van der Waals surface area contributed by atoms with Gasteiger partial charge in [-0.3, -0.25) is 9.69 Å². The molecule has 1 amide bonds. The molecule has 4 nitrogen and oxygen atoms in total. The lowest BCUT2D eigenvalue weighted by Gasteiger charge is -2.21. The van der Waals surface area contributed by atoms with E-state index in [4.69, 9.17) is 4.98 Å². The van der Waals surface area contributed by atoms with Crippen LogP contribution in [0.2, 0.25) is 0 Å². The zero-order chi connectivity index (χ0) is 21.1. The number of carbonyl (C=O) groups is 1. The molecule has 3 aromatic rings. The SMILES string of the molecule is Cc1ccc(CC(=O)N(CCCN(C)C)c2nc3c(C)c(C)ccc3s2)cc1C. The Labute approximate surface area is 178 Å². The van der Waals surface area contributed by atoms with E-state index in [0.717, 1.165) is 33.9 Å². The summed E-state index contributed by atoms with van der Waals surface area (Å²) < 4.78 is 1.14. The van der Waals surface area contributed by atoms with Gasteiger partial charge in [0.2, 0.25) is 5.91 Å². The number of fused-ring (bicyclic) bond motifs is 1. The lowest BCUT2D eigenvalue weighted by Crippen LogP contribution is -2.34. The smallest absolute Gasteiger partial charge is 0.233 e. The summed E-state index contributed by atoms with van der Waals surface area (Å²) >= 11 is 1.61. The molecule has 0 bridgehead atoms. The Kier molecular flexibility index (Phi) is 6.70. The van der Waals surface area contributed by atoms with Gasteiger partial charge < -0.3 is 4.90 Å². The molecule has 1 heterocycles. The summed E-state index contributed by atoms with van der Waals surface area (Å²) in [6.45, 7) is 10.0. The summed E-state index contributed by atoms with van der Waals surface area (Å²) in [7, 11) is 4.12. The van der Waals surface area contributed by atoms with E-state index in [0.29, 0.717) is 13.0 Å². The van der Waals surface area contributed by atoms with Crippen molar-refractivity contribution < 1.29 is 4.79 Å². The summed E-state index contributed by atoms with van der Waals surface area (Å²) in [4.78, 5) is 22.2. The minimum atomic E-state index is 0.112. The van der Waals surface area contributed by atoms with Crippen LogP contribution in [0.3, 0.4) is 0 Å². The number of thiazole rings is 1. The molecule has 29 heavy (non-hydrogen) atoms. The van der Waals surface area contributed by atoms with E-state index in [-0.39, 0.29) is 5.91 Å². The average molecular weight is 410 g/mol. The Balaban J connectivity index is 1.90. The second-order valence-corrected chi connectivity index (χ2v) is 9.16. The number of anilines is 1. The van der Waals surface area contributed by atoms with Crippen LogP contribution in [0.15, 0.2) is 30.3 Å². The topological polar surface area (TPSA) is 36.4 Å². The standard InChI is InChI=1S/C24H31N3OS/c1-16-8-10-20(14-18(16)3)15-22(28)27(13-7-12-26(5)6)24-25-23-19(4)17(2)9-11-21(23)29-24/h8-11,14H,7,12-13,15H2,1-6H3. The van der Waals surface area contributed by atoms with E-state index in [1.165, 1.54) is 22.3 Å². The van der Waals surface area contributed by atoms with Gasteiger partial charge in [-0.25, -0.2) is 4.98 Å². The normalized spacial score (nSPS) is 11.4. The maximum atomic E-state index is 13.3.